The number of aromatic nitrogens is 2. The van der Waals surface area contributed by atoms with Crippen LogP contribution in [0.25, 0.3) is 11.0 Å². The largest absolute Gasteiger partial charge is 0.342 e. The van der Waals surface area contributed by atoms with Gasteiger partial charge in [0.1, 0.15) is 0 Å². The molecule has 0 saturated heterocycles. The molecule has 28 heavy (non-hydrogen) atoms. The van der Waals surface area contributed by atoms with Crippen molar-refractivity contribution in [2.45, 2.75) is 68.1 Å². The number of imidazole rings is 1. The fourth-order valence-corrected chi connectivity index (χ4v) is 5.21. The third kappa shape index (κ3) is 4.69. The minimum absolute atomic E-state index is 0.0470. The van der Waals surface area contributed by atoms with Crippen molar-refractivity contribution in [3.05, 3.63) is 18.2 Å². The van der Waals surface area contributed by atoms with Crippen molar-refractivity contribution in [2.75, 3.05) is 12.8 Å². The molecule has 1 aromatic carbocycles. The molecule has 0 unspecified atom stereocenters. The summed E-state index contributed by atoms with van der Waals surface area (Å²) in [5, 5.41) is 5.97. The average molecular weight is 425 g/mol. The van der Waals surface area contributed by atoms with Gasteiger partial charge in [0, 0.05) is 19.6 Å². The van der Waals surface area contributed by atoms with Crippen LogP contribution in [0.4, 0.5) is 0 Å². The zero-order valence-corrected chi connectivity index (χ0v) is 18.1. The Morgan fingerprint density at radius 3 is 2.68 bits per heavy atom. The van der Waals surface area contributed by atoms with E-state index in [1.54, 1.807) is 6.07 Å². The standard InChI is InChI=1S/C19H28N4O3S2/c1-3-11-23-17-10-9-15(28(20,25)26)12-16(17)21-19(23)27-13-18(24)22(2)14-7-5-4-6-8-14/h9-10,12,14H,3-8,11,13H2,1-2H3,(H2,20,25,26). The molecule has 1 aliphatic carbocycles. The molecular weight excluding hydrogens is 396 g/mol. The summed E-state index contributed by atoms with van der Waals surface area (Å²) in [6, 6.07) is 5.07. The Morgan fingerprint density at radius 2 is 2.04 bits per heavy atom. The highest BCUT2D eigenvalue weighted by atomic mass is 32.2. The maximum Gasteiger partial charge on any atom is 0.238 e. The molecule has 0 radical (unpaired) electrons. The molecule has 154 valence electrons. The molecule has 2 N–H and O–H groups in total. The van der Waals surface area contributed by atoms with E-state index in [9.17, 15) is 13.2 Å². The van der Waals surface area contributed by atoms with Crippen LogP contribution in [0, 0.1) is 0 Å². The number of fused-ring (bicyclic) bond motifs is 1. The predicted octanol–water partition coefficient (Wildman–Crippen LogP) is 2.98. The second kappa shape index (κ2) is 8.84. The lowest BCUT2D eigenvalue weighted by molar-refractivity contribution is -0.129. The zero-order valence-electron chi connectivity index (χ0n) is 16.4. The lowest BCUT2D eigenvalue weighted by Crippen LogP contribution is -2.39. The first-order valence-corrected chi connectivity index (χ1v) is 12.3. The molecule has 9 heteroatoms. The third-order valence-corrected chi connectivity index (χ3v) is 7.17. The summed E-state index contributed by atoms with van der Waals surface area (Å²) < 4.78 is 25.3. The van der Waals surface area contributed by atoms with E-state index < -0.39 is 10.0 Å². The third-order valence-electron chi connectivity index (χ3n) is 5.30. The number of carbonyl (C=O) groups is 1. The Balaban J connectivity index is 1.79. The second-order valence-corrected chi connectivity index (χ2v) is 9.83. The molecule has 1 fully saturated rings. The van der Waals surface area contributed by atoms with E-state index in [2.05, 4.69) is 11.9 Å². The van der Waals surface area contributed by atoms with Gasteiger partial charge in [-0.25, -0.2) is 18.5 Å². The molecule has 0 bridgehead atoms. The van der Waals surface area contributed by atoms with Crippen molar-refractivity contribution < 1.29 is 13.2 Å². The van der Waals surface area contributed by atoms with Crippen LogP contribution in [-0.4, -0.2) is 47.6 Å². The average Bonchev–Trinajstić information content (AvgIpc) is 3.02. The summed E-state index contributed by atoms with van der Waals surface area (Å²) in [5.41, 5.74) is 1.43. The van der Waals surface area contributed by atoms with Crippen molar-refractivity contribution in [3.63, 3.8) is 0 Å². The van der Waals surface area contributed by atoms with Crippen molar-refractivity contribution >= 4 is 38.7 Å². The number of rotatable bonds is 7. The number of benzene rings is 1. The van der Waals surface area contributed by atoms with Gasteiger partial charge in [0.2, 0.25) is 15.9 Å². The van der Waals surface area contributed by atoms with E-state index in [1.165, 1.54) is 43.2 Å². The van der Waals surface area contributed by atoms with Crippen LogP contribution in [0.5, 0.6) is 0 Å². The predicted molar refractivity (Wildman–Crippen MR) is 112 cm³/mol. The Labute approximate surface area is 170 Å². The Kier molecular flexibility index (Phi) is 6.67. The number of thioether (sulfide) groups is 1. The van der Waals surface area contributed by atoms with E-state index in [0.29, 0.717) is 17.3 Å². The van der Waals surface area contributed by atoms with Crippen molar-refractivity contribution in [1.82, 2.24) is 14.5 Å². The molecule has 1 saturated carbocycles. The molecule has 0 aliphatic heterocycles. The summed E-state index contributed by atoms with van der Waals surface area (Å²) in [7, 11) is -1.88. The first kappa shape index (κ1) is 21.1. The second-order valence-electron chi connectivity index (χ2n) is 7.33. The number of nitrogens with two attached hydrogens (primary N) is 1. The van der Waals surface area contributed by atoms with Gasteiger partial charge in [-0.1, -0.05) is 37.9 Å². The van der Waals surface area contributed by atoms with Gasteiger partial charge in [-0.15, -0.1) is 0 Å². The monoisotopic (exact) mass is 424 g/mol. The maximum absolute atomic E-state index is 12.7. The van der Waals surface area contributed by atoms with Crippen LogP contribution in [0.2, 0.25) is 0 Å². The molecule has 3 rings (SSSR count). The Hall–Kier alpha value is -1.58. The van der Waals surface area contributed by atoms with E-state index in [1.807, 2.05) is 16.5 Å². The van der Waals surface area contributed by atoms with Gasteiger partial charge >= 0.3 is 0 Å². The summed E-state index contributed by atoms with van der Waals surface area (Å²) in [4.78, 5) is 19.2. The molecular formula is C19H28N4O3S2. The fraction of sp³-hybridized carbons (Fsp3) is 0.579. The molecule has 0 spiro atoms. The van der Waals surface area contributed by atoms with Gasteiger partial charge in [0.05, 0.1) is 21.7 Å². The van der Waals surface area contributed by atoms with E-state index in [0.717, 1.165) is 36.5 Å². The minimum Gasteiger partial charge on any atom is -0.342 e. The number of hydrogen-bond donors (Lipinski definition) is 1. The van der Waals surface area contributed by atoms with Crippen LogP contribution in [0.3, 0.4) is 0 Å². The summed E-state index contributed by atoms with van der Waals surface area (Å²) in [6.45, 7) is 2.82. The highest BCUT2D eigenvalue weighted by molar-refractivity contribution is 7.99. The minimum atomic E-state index is -3.78. The Morgan fingerprint density at radius 1 is 1.32 bits per heavy atom. The highest BCUT2D eigenvalue weighted by Crippen LogP contribution is 2.27. The lowest BCUT2D eigenvalue weighted by Gasteiger charge is -2.31. The topological polar surface area (TPSA) is 98.3 Å². The number of carbonyl (C=O) groups excluding carboxylic acids is 1. The SMILES string of the molecule is CCCn1c(SCC(=O)N(C)C2CCCCC2)nc2cc(S(N)(=O)=O)ccc21. The Bertz CT molecular complexity index is 949. The molecule has 0 atom stereocenters. The van der Waals surface area contributed by atoms with Crippen LogP contribution in [-0.2, 0) is 21.4 Å². The van der Waals surface area contributed by atoms with Crippen molar-refractivity contribution in [2.24, 2.45) is 5.14 Å². The smallest absolute Gasteiger partial charge is 0.238 e. The number of hydrogen-bond acceptors (Lipinski definition) is 5. The van der Waals surface area contributed by atoms with E-state index >= 15 is 0 Å². The van der Waals surface area contributed by atoms with Crippen molar-refractivity contribution in [1.29, 1.82) is 0 Å². The molecule has 7 nitrogen and oxygen atoms in total. The summed E-state index contributed by atoms with van der Waals surface area (Å²) in [5.74, 6) is 0.430. The van der Waals surface area contributed by atoms with Gasteiger partial charge in [0.25, 0.3) is 0 Å². The molecule has 1 aliphatic rings. The highest BCUT2D eigenvalue weighted by Gasteiger charge is 2.23. The van der Waals surface area contributed by atoms with E-state index in [-0.39, 0.29) is 10.8 Å². The van der Waals surface area contributed by atoms with Crippen molar-refractivity contribution in [3.8, 4) is 0 Å². The first-order valence-electron chi connectivity index (χ1n) is 9.72. The van der Waals surface area contributed by atoms with Gasteiger partial charge in [-0.05, 0) is 37.5 Å². The summed E-state index contributed by atoms with van der Waals surface area (Å²) in [6.07, 6.45) is 6.71. The number of nitrogens with zero attached hydrogens (tertiary/aromatic N) is 3. The molecule has 1 aromatic heterocycles. The molecule has 1 heterocycles. The van der Waals surface area contributed by atoms with E-state index in [4.69, 9.17) is 5.14 Å². The maximum atomic E-state index is 12.7. The quantitative estimate of drug-likeness (QED) is 0.689. The van der Waals surface area contributed by atoms with Gasteiger partial charge in [-0.2, -0.15) is 0 Å². The molecule has 1 amide bonds. The fourth-order valence-electron chi connectivity index (χ4n) is 3.71. The number of sulfonamides is 1. The zero-order chi connectivity index (χ0) is 20.3. The first-order chi connectivity index (χ1) is 13.3. The number of aryl methyl sites for hydroxylation is 1. The summed E-state index contributed by atoms with van der Waals surface area (Å²) >= 11 is 1.41. The van der Waals surface area contributed by atoms with Crippen LogP contribution < -0.4 is 5.14 Å². The lowest BCUT2D eigenvalue weighted by atomic mass is 9.94. The van der Waals surface area contributed by atoms with Gasteiger partial charge in [0.15, 0.2) is 5.16 Å². The van der Waals surface area contributed by atoms with Crippen LogP contribution in [0.1, 0.15) is 45.4 Å². The van der Waals surface area contributed by atoms with Crippen LogP contribution >= 0.6 is 11.8 Å². The van der Waals surface area contributed by atoms with Crippen LogP contribution in [0.15, 0.2) is 28.3 Å². The van der Waals surface area contributed by atoms with Gasteiger partial charge < -0.3 is 9.47 Å². The number of amides is 1. The van der Waals surface area contributed by atoms with Gasteiger partial charge in [-0.3, -0.25) is 4.79 Å². The normalized spacial score (nSPS) is 15.8. The molecule has 2 aromatic rings. The number of primary sulfonamides is 1.